The molecule has 0 aliphatic heterocycles. The van der Waals surface area contributed by atoms with Crippen molar-refractivity contribution in [2.24, 2.45) is 0 Å². The molecule has 1 amide bonds. The highest BCUT2D eigenvalue weighted by Gasteiger charge is 2.17. The van der Waals surface area contributed by atoms with Gasteiger partial charge in [-0.2, -0.15) is 5.26 Å². The fourth-order valence-electron chi connectivity index (χ4n) is 2.96. The fourth-order valence-corrected chi connectivity index (χ4v) is 2.96. The van der Waals surface area contributed by atoms with Crippen LogP contribution in [-0.2, 0) is 9.53 Å². The Labute approximate surface area is 174 Å². The third-order valence-corrected chi connectivity index (χ3v) is 4.28. The smallest absolute Gasteiger partial charge is 0.339 e. The van der Waals surface area contributed by atoms with E-state index >= 15 is 0 Å². The molecule has 3 aromatic rings. The Morgan fingerprint density at radius 3 is 2.37 bits per heavy atom. The summed E-state index contributed by atoms with van der Waals surface area (Å²) in [5, 5.41) is 12.0. The maximum Gasteiger partial charge on any atom is 0.339 e. The number of rotatable bonds is 7. The maximum atomic E-state index is 12.7. The molecule has 6 heteroatoms. The van der Waals surface area contributed by atoms with Crippen LogP contribution in [0.25, 0.3) is 11.1 Å². The van der Waals surface area contributed by atoms with Crippen molar-refractivity contribution in [3.8, 4) is 22.9 Å². The number of ether oxygens (including phenoxy) is 2. The Bertz CT molecular complexity index is 1100. The molecule has 0 aliphatic rings. The van der Waals surface area contributed by atoms with Crippen molar-refractivity contribution in [2.45, 2.75) is 6.92 Å². The average molecular weight is 400 g/mol. The first kappa shape index (κ1) is 20.6. The highest BCUT2D eigenvalue weighted by Crippen LogP contribution is 2.27. The fraction of sp³-hybridized carbons (Fsp3) is 0.125. The number of benzene rings is 3. The van der Waals surface area contributed by atoms with Gasteiger partial charge in [0, 0.05) is 5.56 Å². The van der Waals surface area contributed by atoms with Crippen LogP contribution in [0.2, 0.25) is 0 Å². The molecule has 0 atom stereocenters. The Kier molecular flexibility index (Phi) is 6.80. The topological polar surface area (TPSA) is 88.4 Å². The number of nitrogens with zero attached hydrogens (tertiary/aromatic N) is 1. The number of anilines is 1. The van der Waals surface area contributed by atoms with Crippen LogP contribution >= 0.6 is 0 Å². The van der Waals surface area contributed by atoms with Crippen LogP contribution in [0.4, 0.5) is 5.69 Å². The summed E-state index contributed by atoms with van der Waals surface area (Å²) < 4.78 is 10.7. The minimum atomic E-state index is -0.647. The lowest BCUT2D eigenvalue weighted by molar-refractivity contribution is -0.119. The summed E-state index contributed by atoms with van der Waals surface area (Å²) in [4.78, 5) is 24.9. The van der Waals surface area contributed by atoms with Crippen LogP contribution in [0, 0.1) is 11.3 Å². The van der Waals surface area contributed by atoms with Gasteiger partial charge in [-0.05, 0) is 36.8 Å². The number of nitriles is 1. The molecule has 30 heavy (non-hydrogen) atoms. The standard InChI is InChI=1S/C24H20N2O4/c1-2-29-22-14-8-7-13-21(22)26-23(27)16-30-24(28)20-12-6-5-11-19(20)18-10-4-3-9-17(18)15-25/h3-14H,2,16H2,1H3,(H,26,27). The number of carbonyl (C=O) groups is 2. The summed E-state index contributed by atoms with van der Waals surface area (Å²) in [5.41, 5.74) is 2.43. The first-order valence-electron chi connectivity index (χ1n) is 9.41. The molecule has 0 fully saturated rings. The normalized spacial score (nSPS) is 10.0. The molecule has 0 bridgehead atoms. The molecule has 1 N–H and O–H groups in total. The SMILES string of the molecule is CCOc1ccccc1NC(=O)COC(=O)c1ccccc1-c1ccccc1C#N. The van der Waals surface area contributed by atoms with Gasteiger partial charge in [0.2, 0.25) is 0 Å². The molecule has 0 radical (unpaired) electrons. The van der Waals surface area contributed by atoms with E-state index in [2.05, 4.69) is 11.4 Å². The molecular weight excluding hydrogens is 380 g/mol. The Morgan fingerprint density at radius 2 is 1.60 bits per heavy atom. The summed E-state index contributed by atoms with van der Waals surface area (Å²) in [7, 11) is 0. The van der Waals surface area contributed by atoms with Crippen molar-refractivity contribution in [1.82, 2.24) is 0 Å². The van der Waals surface area contributed by atoms with Crippen LogP contribution in [0.15, 0.2) is 72.8 Å². The lowest BCUT2D eigenvalue weighted by Gasteiger charge is -2.12. The molecule has 0 aliphatic carbocycles. The van der Waals surface area contributed by atoms with E-state index in [9.17, 15) is 14.9 Å². The number of amides is 1. The Balaban J connectivity index is 1.72. The second kappa shape index (κ2) is 9.89. The second-order valence-electron chi connectivity index (χ2n) is 6.26. The molecule has 3 aromatic carbocycles. The summed E-state index contributed by atoms with van der Waals surface area (Å²) in [5.74, 6) is -0.588. The average Bonchev–Trinajstić information content (AvgIpc) is 2.79. The first-order chi connectivity index (χ1) is 14.6. The van der Waals surface area contributed by atoms with Crippen LogP contribution in [0.3, 0.4) is 0 Å². The lowest BCUT2D eigenvalue weighted by atomic mass is 9.96. The molecule has 0 spiro atoms. The van der Waals surface area contributed by atoms with E-state index in [0.29, 0.717) is 34.7 Å². The number of hydrogen-bond donors (Lipinski definition) is 1. The second-order valence-corrected chi connectivity index (χ2v) is 6.26. The van der Waals surface area contributed by atoms with E-state index < -0.39 is 18.5 Å². The number of hydrogen-bond acceptors (Lipinski definition) is 5. The zero-order valence-corrected chi connectivity index (χ0v) is 16.4. The molecule has 0 saturated carbocycles. The van der Waals surface area contributed by atoms with Gasteiger partial charge in [0.25, 0.3) is 5.91 Å². The van der Waals surface area contributed by atoms with E-state index in [4.69, 9.17) is 9.47 Å². The predicted octanol–water partition coefficient (Wildman–Crippen LogP) is 4.42. The molecule has 6 nitrogen and oxygen atoms in total. The Morgan fingerprint density at radius 1 is 0.933 bits per heavy atom. The lowest BCUT2D eigenvalue weighted by Crippen LogP contribution is -2.21. The molecule has 150 valence electrons. The quantitative estimate of drug-likeness (QED) is 0.593. The van der Waals surface area contributed by atoms with Gasteiger partial charge in [-0.3, -0.25) is 4.79 Å². The van der Waals surface area contributed by atoms with Crippen LogP contribution in [-0.4, -0.2) is 25.1 Å². The van der Waals surface area contributed by atoms with Gasteiger partial charge in [0.05, 0.1) is 29.5 Å². The van der Waals surface area contributed by atoms with Crippen LogP contribution < -0.4 is 10.1 Å². The third kappa shape index (κ3) is 4.83. The molecule has 0 saturated heterocycles. The molecule has 0 aromatic heterocycles. The first-order valence-corrected chi connectivity index (χ1v) is 9.41. The van der Waals surface area contributed by atoms with Gasteiger partial charge < -0.3 is 14.8 Å². The zero-order valence-electron chi connectivity index (χ0n) is 16.4. The van der Waals surface area contributed by atoms with E-state index in [0.717, 1.165) is 0 Å². The number of carbonyl (C=O) groups excluding carboxylic acids is 2. The summed E-state index contributed by atoms with van der Waals surface area (Å²) in [6, 6.07) is 23.0. The van der Waals surface area contributed by atoms with Gasteiger partial charge in [0.15, 0.2) is 6.61 Å². The van der Waals surface area contributed by atoms with Crippen LogP contribution in [0.1, 0.15) is 22.8 Å². The van der Waals surface area contributed by atoms with Crippen molar-refractivity contribution in [2.75, 3.05) is 18.5 Å². The van der Waals surface area contributed by atoms with Gasteiger partial charge in [-0.25, -0.2) is 4.79 Å². The van der Waals surface area contributed by atoms with E-state index in [-0.39, 0.29) is 5.56 Å². The van der Waals surface area contributed by atoms with E-state index in [1.807, 2.05) is 6.92 Å². The minimum Gasteiger partial charge on any atom is -0.492 e. The number of para-hydroxylation sites is 2. The van der Waals surface area contributed by atoms with E-state index in [1.165, 1.54) is 0 Å². The molecular formula is C24H20N2O4. The van der Waals surface area contributed by atoms with Gasteiger partial charge in [0.1, 0.15) is 5.75 Å². The van der Waals surface area contributed by atoms with Crippen molar-refractivity contribution in [3.05, 3.63) is 83.9 Å². The largest absolute Gasteiger partial charge is 0.492 e. The molecule has 0 heterocycles. The van der Waals surface area contributed by atoms with Crippen molar-refractivity contribution in [1.29, 1.82) is 5.26 Å². The number of esters is 1. The monoisotopic (exact) mass is 400 g/mol. The molecule has 3 rings (SSSR count). The summed E-state index contributed by atoms with van der Waals surface area (Å²) in [6.45, 7) is 1.86. The van der Waals surface area contributed by atoms with Gasteiger partial charge in [-0.15, -0.1) is 0 Å². The Hall–Kier alpha value is -4.11. The van der Waals surface area contributed by atoms with Crippen LogP contribution in [0.5, 0.6) is 5.75 Å². The number of nitrogens with one attached hydrogen (secondary N) is 1. The van der Waals surface area contributed by atoms with Gasteiger partial charge >= 0.3 is 5.97 Å². The highest BCUT2D eigenvalue weighted by molar-refractivity contribution is 6.00. The van der Waals surface area contributed by atoms with Crippen molar-refractivity contribution >= 4 is 17.6 Å². The summed E-state index contributed by atoms with van der Waals surface area (Å²) in [6.07, 6.45) is 0. The third-order valence-electron chi connectivity index (χ3n) is 4.28. The summed E-state index contributed by atoms with van der Waals surface area (Å²) >= 11 is 0. The van der Waals surface area contributed by atoms with Gasteiger partial charge in [-0.1, -0.05) is 48.5 Å². The van der Waals surface area contributed by atoms with E-state index in [1.54, 1.807) is 72.8 Å². The highest BCUT2D eigenvalue weighted by atomic mass is 16.5. The van der Waals surface area contributed by atoms with Crippen molar-refractivity contribution in [3.63, 3.8) is 0 Å². The molecule has 0 unspecified atom stereocenters. The zero-order chi connectivity index (χ0) is 21.3. The predicted molar refractivity (Wildman–Crippen MR) is 113 cm³/mol. The van der Waals surface area contributed by atoms with Crippen molar-refractivity contribution < 1.29 is 19.1 Å². The minimum absolute atomic E-state index is 0.280. The maximum absolute atomic E-state index is 12.7.